The van der Waals surface area contributed by atoms with E-state index in [9.17, 15) is 9.59 Å². The Labute approximate surface area is 246 Å². The lowest BCUT2D eigenvalue weighted by molar-refractivity contribution is -0.151. The van der Waals surface area contributed by atoms with Crippen molar-refractivity contribution in [3.63, 3.8) is 0 Å². The summed E-state index contributed by atoms with van der Waals surface area (Å²) in [6.45, 7) is 2.88. The van der Waals surface area contributed by atoms with Gasteiger partial charge >= 0.3 is 12.1 Å². The number of carbonyl (C=O) groups is 2. The highest BCUT2D eigenvalue weighted by Crippen LogP contribution is 2.28. The van der Waals surface area contributed by atoms with Crippen molar-refractivity contribution in [1.82, 2.24) is 9.88 Å². The van der Waals surface area contributed by atoms with Crippen LogP contribution in [0.25, 0.3) is 10.9 Å². The SMILES string of the molecule is CCCCC/C=C\C/C=C\CCCCCCCC(=O)OCOC(=O)n1cc(C[C@H]2CCCN2)c2cc(OC)ccc21. The molecule has 2 aromatic rings. The third-order valence-electron chi connectivity index (χ3n) is 7.65. The smallest absolute Gasteiger partial charge is 0.421 e. The van der Waals surface area contributed by atoms with Gasteiger partial charge in [0.2, 0.25) is 6.79 Å². The van der Waals surface area contributed by atoms with Gasteiger partial charge in [-0.15, -0.1) is 0 Å². The number of ether oxygens (including phenoxy) is 3. The number of aromatic nitrogens is 1. The minimum absolute atomic E-state index is 0.335. The molecule has 1 atom stereocenters. The zero-order valence-corrected chi connectivity index (χ0v) is 25.2. The van der Waals surface area contributed by atoms with Crippen molar-refractivity contribution >= 4 is 23.0 Å². The Hall–Kier alpha value is -3.06. The number of carbonyl (C=O) groups excluding carboxylic acids is 2. The molecule has 1 fully saturated rings. The van der Waals surface area contributed by atoms with E-state index in [4.69, 9.17) is 14.2 Å². The Balaban J connectivity index is 1.28. The first-order chi connectivity index (χ1) is 20.1. The van der Waals surface area contributed by atoms with Crippen LogP contribution in [0.4, 0.5) is 4.79 Å². The van der Waals surface area contributed by atoms with Crippen molar-refractivity contribution in [2.45, 2.75) is 109 Å². The van der Waals surface area contributed by atoms with Crippen LogP contribution in [0.5, 0.6) is 5.75 Å². The van der Waals surface area contributed by atoms with Gasteiger partial charge in [0.1, 0.15) is 5.75 Å². The summed E-state index contributed by atoms with van der Waals surface area (Å²) < 4.78 is 17.4. The summed E-state index contributed by atoms with van der Waals surface area (Å²) in [6, 6.07) is 6.04. The number of allylic oxidation sites excluding steroid dienone is 4. The van der Waals surface area contributed by atoms with Gasteiger partial charge in [-0.2, -0.15) is 0 Å². The Morgan fingerprint density at radius 2 is 1.73 bits per heavy atom. The molecule has 1 aliphatic rings. The van der Waals surface area contributed by atoms with Crippen molar-refractivity contribution in [2.75, 3.05) is 20.4 Å². The third kappa shape index (κ3) is 11.8. The van der Waals surface area contributed by atoms with Crippen molar-refractivity contribution in [1.29, 1.82) is 0 Å². The molecule has 0 radical (unpaired) electrons. The van der Waals surface area contributed by atoms with Gasteiger partial charge in [0.05, 0.1) is 12.6 Å². The molecule has 1 N–H and O–H groups in total. The number of nitrogens with one attached hydrogen (secondary N) is 1. The molecule has 41 heavy (non-hydrogen) atoms. The maximum absolute atomic E-state index is 12.8. The van der Waals surface area contributed by atoms with E-state index in [0.717, 1.165) is 80.1 Å². The topological polar surface area (TPSA) is 78.8 Å². The van der Waals surface area contributed by atoms with Crippen molar-refractivity contribution in [3.8, 4) is 5.75 Å². The summed E-state index contributed by atoms with van der Waals surface area (Å²) in [5.41, 5.74) is 1.81. The fraction of sp³-hybridized carbons (Fsp3) is 0.588. The molecule has 0 aliphatic carbocycles. The monoisotopic (exact) mass is 566 g/mol. The zero-order chi connectivity index (χ0) is 29.1. The van der Waals surface area contributed by atoms with Crippen LogP contribution in [0.3, 0.4) is 0 Å². The van der Waals surface area contributed by atoms with E-state index in [2.05, 4.69) is 36.5 Å². The summed E-state index contributed by atoms with van der Waals surface area (Å²) in [4.78, 5) is 25.0. The van der Waals surface area contributed by atoms with Crippen LogP contribution in [-0.4, -0.2) is 43.1 Å². The third-order valence-corrected chi connectivity index (χ3v) is 7.65. The summed E-state index contributed by atoms with van der Waals surface area (Å²) in [5, 5.41) is 4.48. The van der Waals surface area contributed by atoms with E-state index in [1.54, 1.807) is 7.11 Å². The van der Waals surface area contributed by atoms with Crippen LogP contribution in [-0.2, 0) is 20.7 Å². The number of nitrogens with zero attached hydrogens (tertiary/aromatic N) is 1. The number of benzene rings is 1. The number of rotatable bonds is 19. The molecule has 7 heteroatoms. The summed E-state index contributed by atoms with van der Waals surface area (Å²) in [5.74, 6) is 0.407. The molecule has 0 unspecified atom stereocenters. The molecule has 0 bridgehead atoms. The number of esters is 1. The Morgan fingerprint density at radius 3 is 2.46 bits per heavy atom. The normalized spacial score (nSPS) is 15.3. The number of hydrogen-bond acceptors (Lipinski definition) is 6. The van der Waals surface area contributed by atoms with Gasteiger partial charge < -0.3 is 19.5 Å². The molecule has 7 nitrogen and oxygen atoms in total. The quantitative estimate of drug-likeness (QED) is 0.0798. The van der Waals surface area contributed by atoms with Crippen LogP contribution in [0.1, 0.15) is 102 Å². The molecule has 0 amide bonds. The Bertz CT molecular complexity index is 1110. The first-order valence-corrected chi connectivity index (χ1v) is 15.7. The molecule has 2 heterocycles. The molecule has 1 aromatic carbocycles. The first-order valence-electron chi connectivity index (χ1n) is 15.7. The minimum Gasteiger partial charge on any atom is -0.497 e. The van der Waals surface area contributed by atoms with Crippen LogP contribution in [0.2, 0.25) is 0 Å². The molecule has 1 aromatic heterocycles. The molecular formula is C34H50N2O5. The van der Waals surface area contributed by atoms with Crippen LogP contribution in [0, 0.1) is 0 Å². The van der Waals surface area contributed by atoms with Gasteiger partial charge in [-0.1, -0.05) is 63.3 Å². The molecule has 1 saturated heterocycles. The van der Waals surface area contributed by atoms with Crippen molar-refractivity contribution in [2.24, 2.45) is 0 Å². The number of hydrogen-bond donors (Lipinski definition) is 1. The predicted octanol–water partition coefficient (Wildman–Crippen LogP) is 8.24. The van der Waals surface area contributed by atoms with Crippen LogP contribution < -0.4 is 10.1 Å². The van der Waals surface area contributed by atoms with E-state index < -0.39 is 6.09 Å². The minimum atomic E-state index is -0.560. The second-order valence-electron chi connectivity index (χ2n) is 10.9. The lowest BCUT2D eigenvalue weighted by Crippen LogP contribution is -2.23. The van der Waals surface area contributed by atoms with Crippen molar-refractivity contribution in [3.05, 3.63) is 54.3 Å². The summed E-state index contributed by atoms with van der Waals surface area (Å²) >= 11 is 0. The van der Waals surface area contributed by atoms with Gasteiger partial charge in [-0.3, -0.25) is 9.36 Å². The summed E-state index contributed by atoms with van der Waals surface area (Å²) in [7, 11) is 1.63. The zero-order valence-electron chi connectivity index (χ0n) is 25.2. The van der Waals surface area contributed by atoms with E-state index in [1.165, 1.54) is 43.1 Å². The van der Waals surface area contributed by atoms with Gasteiger partial charge in [0.15, 0.2) is 0 Å². The lowest BCUT2D eigenvalue weighted by Gasteiger charge is -2.09. The first kappa shape index (κ1) is 32.5. The van der Waals surface area contributed by atoms with E-state index >= 15 is 0 Å². The maximum Gasteiger partial charge on any atom is 0.421 e. The van der Waals surface area contributed by atoms with Crippen LogP contribution in [0.15, 0.2) is 48.7 Å². The second kappa shape index (κ2) is 19.1. The van der Waals surface area contributed by atoms with E-state index in [0.29, 0.717) is 12.5 Å². The summed E-state index contributed by atoms with van der Waals surface area (Å²) in [6.07, 6.45) is 26.3. The molecule has 0 saturated carbocycles. The average molecular weight is 567 g/mol. The Morgan fingerprint density at radius 1 is 0.976 bits per heavy atom. The maximum atomic E-state index is 12.8. The van der Waals surface area contributed by atoms with Gasteiger partial charge in [-0.05, 0) is 88.1 Å². The Kier molecular flexibility index (Phi) is 15.1. The lowest BCUT2D eigenvalue weighted by atomic mass is 10.0. The number of methoxy groups -OCH3 is 1. The van der Waals surface area contributed by atoms with Crippen LogP contribution >= 0.6 is 0 Å². The molecular weight excluding hydrogens is 516 g/mol. The number of fused-ring (bicyclic) bond motifs is 1. The van der Waals surface area contributed by atoms with Gasteiger partial charge in [-0.25, -0.2) is 4.79 Å². The van der Waals surface area contributed by atoms with Gasteiger partial charge in [0, 0.05) is 24.0 Å². The highest BCUT2D eigenvalue weighted by Gasteiger charge is 2.20. The average Bonchev–Trinajstić information content (AvgIpc) is 3.63. The molecule has 226 valence electrons. The van der Waals surface area contributed by atoms with E-state index in [-0.39, 0.29) is 12.8 Å². The largest absolute Gasteiger partial charge is 0.497 e. The second-order valence-corrected chi connectivity index (χ2v) is 10.9. The van der Waals surface area contributed by atoms with Gasteiger partial charge in [0.25, 0.3) is 0 Å². The van der Waals surface area contributed by atoms with Crippen molar-refractivity contribution < 1.29 is 23.8 Å². The molecule has 3 rings (SSSR count). The van der Waals surface area contributed by atoms with E-state index in [1.807, 2.05) is 24.4 Å². The highest BCUT2D eigenvalue weighted by atomic mass is 16.7. The number of unbranched alkanes of at least 4 members (excludes halogenated alkanes) is 8. The fourth-order valence-electron chi connectivity index (χ4n) is 5.28. The highest BCUT2D eigenvalue weighted by molar-refractivity contribution is 5.93. The fourth-order valence-corrected chi connectivity index (χ4v) is 5.28. The standard InChI is InChI=1S/C34H50N2O5/c1-3-4-5-6-7-8-9-10-11-12-13-14-15-16-17-20-33(37)40-27-41-34(38)36-26-28(24-29-19-18-23-35-29)31-25-30(39-2)21-22-32(31)36/h7-8,10-11,21-22,25-26,29,35H,3-6,9,12-20,23-24,27H2,1-2H3/b8-7-,11-10-/t29-/m1/s1. The predicted molar refractivity (Wildman–Crippen MR) is 165 cm³/mol. The molecule has 0 spiro atoms. The molecule has 1 aliphatic heterocycles.